The minimum atomic E-state index is -0.896. The van der Waals surface area contributed by atoms with E-state index < -0.39 is 5.97 Å². The van der Waals surface area contributed by atoms with Crippen molar-refractivity contribution < 1.29 is 14.7 Å². The number of rotatable bonds is 4. The SMILES string of the molecule is CCCc1c(C(=O)O)sc2nc(-c3ccc4c(c3)CCN4C(C)=O)cn12. The van der Waals surface area contributed by atoms with Crippen LogP contribution in [0.15, 0.2) is 24.4 Å². The van der Waals surface area contributed by atoms with E-state index in [2.05, 4.69) is 11.1 Å². The number of anilines is 1. The van der Waals surface area contributed by atoms with Crippen LogP contribution in [0.25, 0.3) is 16.2 Å². The molecule has 26 heavy (non-hydrogen) atoms. The van der Waals surface area contributed by atoms with Crippen LogP contribution < -0.4 is 4.90 Å². The number of benzene rings is 1. The average molecular weight is 369 g/mol. The van der Waals surface area contributed by atoms with Crippen molar-refractivity contribution in [2.75, 3.05) is 11.4 Å². The van der Waals surface area contributed by atoms with E-state index in [-0.39, 0.29) is 5.91 Å². The first kappa shape index (κ1) is 16.8. The summed E-state index contributed by atoms with van der Waals surface area (Å²) in [6, 6.07) is 6.04. The maximum absolute atomic E-state index is 11.7. The number of carbonyl (C=O) groups is 2. The highest BCUT2D eigenvalue weighted by atomic mass is 32.1. The molecule has 7 heteroatoms. The van der Waals surface area contributed by atoms with Crippen LogP contribution in [0.4, 0.5) is 5.69 Å². The summed E-state index contributed by atoms with van der Waals surface area (Å²) in [5.41, 5.74) is 4.75. The number of thiazole rings is 1. The van der Waals surface area contributed by atoms with E-state index in [1.165, 1.54) is 11.3 Å². The predicted octanol–water partition coefficient (Wildman–Crippen LogP) is 3.62. The summed E-state index contributed by atoms with van der Waals surface area (Å²) in [5, 5.41) is 9.41. The normalized spacial score (nSPS) is 13.4. The van der Waals surface area contributed by atoms with Crippen LogP contribution in [-0.4, -0.2) is 32.9 Å². The van der Waals surface area contributed by atoms with Gasteiger partial charge in [-0.2, -0.15) is 0 Å². The Bertz CT molecular complexity index is 1030. The predicted molar refractivity (Wildman–Crippen MR) is 101 cm³/mol. The van der Waals surface area contributed by atoms with Crippen LogP contribution in [0.3, 0.4) is 0 Å². The number of aromatic carboxylic acids is 1. The van der Waals surface area contributed by atoms with Crippen molar-refractivity contribution in [2.45, 2.75) is 33.1 Å². The fourth-order valence-electron chi connectivity index (χ4n) is 3.55. The second kappa shape index (κ2) is 6.25. The average Bonchev–Trinajstić information content (AvgIpc) is 3.27. The standard InChI is InChI=1S/C19H19N3O3S/c1-3-4-16-17(18(24)25)26-19-20-14(10-22(16)19)12-5-6-15-13(9-12)7-8-21(15)11(2)23/h5-6,9-10H,3-4,7-8H2,1-2H3,(H,24,25). The number of aromatic nitrogens is 2. The highest BCUT2D eigenvalue weighted by Crippen LogP contribution is 2.33. The van der Waals surface area contributed by atoms with Crippen molar-refractivity contribution in [3.63, 3.8) is 0 Å². The second-order valence-electron chi connectivity index (χ2n) is 6.48. The van der Waals surface area contributed by atoms with E-state index in [0.29, 0.717) is 16.3 Å². The Hall–Kier alpha value is -2.67. The third kappa shape index (κ3) is 2.59. The quantitative estimate of drug-likeness (QED) is 0.762. The van der Waals surface area contributed by atoms with Gasteiger partial charge in [-0.15, -0.1) is 0 Å². The van der Waals surface area contributed by atoms with Gasteiger partial charge in [-0.3, -0.25) is 9.20 Å². The summed E-state index contributed by atoms with van der Waals surface area (Å²) >= 11 is 1.22. The molecule has 0 unspecified atom stereocenters. The fourth-order valence-corrected chi connectivity index (χ4v) is 4.55. The van der Waals surface area contributed by atoms with Gasteiger partial charge in [0.1, 0.15) is 4.88 Å². The van der Waals surface area contributed by atoms with Gasteiger partial charge in [0.05, 0.1) is 5.69 Å². The van der Waals surface area contributed by atoms with E-state index in [9.17, 15) is 14.7 Å². The lowest BCUT2D eigenvalue weighted by molar-refractivity contribution is -0.116. The van der Waals surface area contributed by atoms with Crippen molar-refractivity contribution in [2.24, 2.45) is 0 Å². The van der Waals surface area contributed by atoms with Gasteiger partial charge in [-0.05, 0) is 30.5 Å². The first-order chi connectivity index (χ1) is 12.5. The molecular formula is C19H19N3O3S. The van der Waals surface area contributed by atoms with Gasteiger partial charge in [-0.25, -0.2) is 9.78 Å². The summed E-state index contributed by atoms with van der Waals surface area (Å²) in [7, 11) is 0. The number of carboxylic acid groups (broad SMARTS) is 1. The third-order valence-corrected chi connectivity index (χ3v) is 5.84. The van der Waals surface area contributed by atoms with E-state index in [1.54, 1.807) is 11.8 Å². The summed E-state index contributed by atoms with van der Waals surface area (Å²) in [5.74, 6) is -0.836. The Morgan fingerprint density at radius 3 is 2.85 bits per heavy atom. The molecule has 0 fully saturated rings. The number of fused-ring (bicyclic) bond motifs is 2. The molecule has 1 aliphatic rings. The summed E-state index contributed by atoms with van der Waals surface area (Å²) in [4.78, 5) is 30.7. The number of imidazole rings is 1. The van der Waals surface area contributed by atoms with Crippen LogP contribution in [0.1, 0.15) is 41.2 Å². The van der Waals surface area contributed by atoms with Gasteiger partial charge in [0, 0.05) is 36.6 Å². The largest absolute Gasteiger partial charge is 0.477 e. The van der Waals surface area contributed by atoms with Gasteiger partial charge < -0.3 is 10.0 Å². The highest BCUT2D eigenvalue weighted by molar-refractivity contribution is 7.19. The Balaban J connectivity index is 1.76. The molecule has 4 rings (SSSR count). The van der Waals surface area contributed by atoms with Crippen LogP contribution in [0.2, 0.25) is 0 Å². The van der Waals surface area contributed by atoms with Crippen LogP contribution in [0.5, 0.6) is 0 Å². The lowest BCUT2D eigenvalue weighted by Crippen LogP contribution is -2.25. The number of hydrogen-bond donors (Lipinski definition) is 1. The smallest absolute Gasteiger partial charge is 0.347 e. The molecule has 0 atom stereocenters. The van der Waals surface area contributed by atoms with Crippen molar-refractivity contribution in [1.82, 2.24) is 9.38 Å². The van der Waals surface area contributed by atoms with E-state index in [0.717, 1.165) is 47.6 Å². The third-order valence-electron chi connectivity index (χ3n) is 4.75. The van der Waals surface area contributed by atoms with Crippen LogP contribution in [-0.2, 0) is 17.6 Å². The van der Waals surface area contributed by atoms with Crippen LogP contribution in [0, 0.1) is 0 Å². The monoisotopic (exact) mass is 369 g/mol. The molecule has 0 spiro atoms. The maximum atomic E-state index is 11.7. The zero-order valence-corrected chi connectivity index (χ0v) is 15.5. The Labute approximate surface area is 154 Å². The Kier molecular flexibility index (Phi) is 4.03. The first-order valence-corrected chi connectivity index (χ1v) is 9.46. The molecule has 6 nitrogen and oxygen atoms in total. The minimum Gasteiger partial charge on any atom is -0.477 e. The number of carbonyl (C=O) groups excluding carboxylic acids is 1. The summed E-state index contributed by atoms with van der Waals surface area (Å²) in [6.07, 6.45) is 4.34. The summed E-state index contributed by atoms with van der Waals surface area (Å²) in [6.45, 7) is 4.34. The number of hydrogen-bond acceptors (Lipinski definition) is 4. The molecular weight excluding hydrogens is 350 g/mol. The van der Waals surface area contributed by atoms with Crippen molar-refractivity contribution in [3.8, 4) is 11.3 Å². The number of nitrogens with zero attached hydrogens (tertiary/aromatic N) is 3. The van der Waals surface area contributed by atoms with Gasteiger partial charge >= 0.3 is 5.97 Å². The number of amides is 1. The second-order valence-corrected chi connectivity index (χ2v) is 7.45. The molecule has 3 heterocycles. The summed E-state index contributed by atoms with van der Waals surface area (Å²) < 4.78 is 1.90. The molecule has 1 aromatic carbocycles. The molecule has 0 saturated carbocycles. The van der Waals surface area contributed by atoms with Crippen molar-refractivity contribution in [3.05, 3.63) is 40.5 Å². The topological polar surface area (TPSA) is 74.9 Å². The fraction of sp³-hybridized carbons (Fsp3) is 0.316. The van der Waals surface area contributed by atoms with Crippen LogP contribution >= 0.6 is 11.3 Å². The maximum Gasteiger partial charge on any atom is 0.347 e. The lowest BCUT2D eigenvalue weighted by atomic mass is 10.1. The van der Waals surface area contributed by atoms with Gasteiger partial charge in [0.15, 0.2) is 4.96 Å². The first-order valence-electron chi connectivity index (χ1n) is 8.65. The van der Waals surface area contributed by atoms with Gasteiger partial charge in [0.2, 0.25) is 5.91 Å². The molecule has 0 aliphatic carbocycles. The van der Waals surface area contributed by atoms with E-state index in [1.807, 2.05) is 29.7 Å². The molecule has 0 radical (unpaired) electrons. The molecule has 2 aromatic heterocycles. The zero-order chi connectivity index (χ0) is 18.4. The van der Waals surface area contributed by atoms with Gasteiger partial charge in [0.25, 0.3) is 0 Å². The molecule has 0 bridgehead atoms. The molecule has 1 aliphatic heterocycles. The molecule has 1 N–H and O–H groups in total. The minimum absolute atomic E-state index is 0.0596. The molecule has 1 amide bonds. The van der Waals surface area contributed by atoms with E-state index in [4.69, 9.17) is 0 Å². The molecule has 3 aromatic rings. The highest BCUT2D eigenvalue weighted by Gasteiger charge is 2.23. The molecule has 0 saturated heterocycles. The Morgan fingerprint density at radius 1 is 1.35 bits per heavy atom. The van der Waals surface area contributed by atoms with Crippen molar-refractivity contribution in [1.29, 1.82) is 0 Å². The lowest BCUT2D eigenvalue weighted by Gasteiger charge is -2.14. The number of carboxylic acids is 1. The molecule has 134 valence electrons. The van der Waals surface area contributed by atoms with E-state index >= 15 is 0 Å². The van der Waals surface area contributed by atoms with Gasteiger partial charge in [-0.1, -0.05) is 30.7 Å². The number of aryl methyl sites for hydroxylation is 1. The zero-order valence-electron chi connectivity index (χ0n) is 14.7. The Morgan fingerprint density at radius 2 is 2.15 bits per heavy atom. The van der Waals surface area contributed by atoms with Crippen molar-refractivity contribution >= 4 is 33.9 Å².